The van der Waals surface area contributed by atoms with Gasteiger partial charge in [0, 0.05) is 0 Å². The Morgan fingerprint density at radius 3 is 2.02 bits per heavy atom. The first kappa shape index (κ1) is 29.3. The summed E-state index contributed by atoms with van der Waals surface area (Å²) in [6.07, 6.45) is 0. The van der Waals surface area contributed by atoms with Crippen LogP contribution in [-0.4, -0.2) is 17.8 Å². The number of imidazole rings is 1. The molecule has 0 spiro atoms. The number of hydrogen-bond donors (Lipinski definition) is 0. The molecule has 8 rings (SSSR count). The molecule has 1 aliphatic heterocycles. The Labute approximate surface area is 275 Å². The van der Waals surface area contributed by atoms with Crippen molar-refractivity contribution >= 4 is 54.6 Å². The van der Waals surface area contributed by atoms with E-state index in [1.54, 1.807) is 8.79 Å². The van der Waals surface area contributed by atoms with Crippen LogP contribution in [0.4, 0.5) is 0 Å². The van der Waals surface area contributed by atoms with E-state index in [1.165, 1.54) is 77.5 Å². The van der Waals surface area contributed by atoms with E-state index < -0.39 is 13.3 Å². The Hall–Kier alpha value is -4.15. The van der Waals surface area contributed by atoms with Gasteiger partial charge in [-0.3, -0.25) is 0 Å². The molecule has 0 atom stereocenters. The van der Waals surface area contributed by atoms with Crippen molar-refractivity contribution in [3.05, 3.63) is 120 Å². The number of para-hydroxylation sites is 1. The number of aromatic nitrogens is 2. The van der Waals surface area contributed by atoms with Crippen LogP contribution in [0.1, 0.15) is 56.2 Å². The number of hydrogen-bond acceptors (Lipinski definition) is 0. The molecule has 0 amide bonds. The van der Waals surface area contributed by atoms with E-state index in [0.29, 0.717) is 11.8 Å². The van der Waals surface area contributed by atoms with Crippen molar-refractivity contribution in [2.45, 2.75) is 58.0 Å². The van der Waals surface area contributed by atoms with Crippen LogP contribution >= 0.6 is 0 Å². The van der Waals surface area contributed by atoms with Crippen LogP contribution < -0.4 is 13.4 Å². The van der Waals surface area contributed by atoms with Crippen molar-refractivity contribution in [3.63, 3.8) is 0 Å². The van der Waals surface area contributed by atoms with Gasteiger partial charge in [0.1, 0.15) is 0 Å². The molecule has 0 aliphatic carbocycles. The number of nitrogens with zero attached hydrogens (tertiary/aromatic N) is 2. The van der Waals surface area contributed by atoms with Gasteiger partial charge in [-0.25, -0.2) is 0 Å². The summed E-state index contributed by atoms with van der Waals surface area (Å²) in [6.45, 7) is 11.6. The van der Waals surface area contributed by atoms with E-state index in [-0.39, 0.29) is 0 Å². The second kappa shape index (κ2) is 10.4. The molecule has 0 N–H and O–H groups in total. The van der Waals surface area contributed by atoms with Crippen LogP contribution in [0.25, 0.3) is 60.8 Å². The number of rotatable bonds is 4. The maximum atomic E-state index is 2.68. The summed E-state index contributed by atoms with van der Waals surface area (Å²) in [4.78, 5) is 0. The fourth-order valence-corrected chi connectivity index (χ4v) is 14.7. The maximum absolute atomic E-state index is 2.68. The van der Waals surface area contributed by atoms with Crippen LogP contribution in [0, 0.1) is 6.92 Å². The fraction of sp³-hybridized carbons (Fsp3) is 0.233. The van der Waals surface area contributed by atoms with E-state index >= 15 is 0 Å². The van der Waals surface area contributed by atoms with Gasteiger partial charge in [-0.05, 0) is 0 Å². The number of benzene rings is 6. The van der Waals surface area contributed by atoms with Crippen molar-refractivity contribution < 1.29 is 4.57 Å². The summed E-state index contributed by atoms with van der Waals surface area (Å²) in [7, 11) is 2.27. The fourth-order valence-electron chi connectivity index (χ4n) is 8.28. The summed E-state index contributed by atoms with van der Waals surface area (Å²) >= 11 is -2.65. The normalized spacial score (nSPS) is 13.8. The standard InChI is InChI=1S/C43H43GeN2/c1-26(2)31-18-13-19-32(27(3)4)41(31)46-42-39(45(8)43(46)33-16-11-9-14-28(33)5)23-22-37-40(42)36-25-35-30(24-38(36)44(37,6)7)21-20-29-15-10-12-17-34(29)35/h9-27H,1-8H3/q+1. The predicted octanol–water partition coefficient (Wildman–Crippen LogP) is 9.79. The second-order valence-corrected chi connectivity index (χ2v) is 23.6. The number of fused-ring (bicyclic) bond motifs is 8. The molecule has 0 bridgehead atoms. The van der Waals surface area contributed by atoms with Gasteiger partial charge in [0.15, 0.2) is 0 Å². The van der Waals surface area contributed by atoms with Crippen molar-refractivity contribution in [2.24, 2.45) is 7.05 Å². The third-order valence-corrected chi connectivity index (χ3v) is 18.1. The first-order chi connectivity index (χ1) is 22.1. The zero-order valence-corrected chi connectivity index (χ0v) is 30.5. The Bertz CT molecular complexity index is 2340. The van der Waals surface area contributed by atoms with Gasteiger partial charge in [0.05, 0.1) is 0 Å². The van der Waals surface area contributed by atoms with E-state index in [4.69, 9.17) is 0 Å². The average molecular weight is 660 g/mol. The molecular formula is C43H43GeN2+. The quantitative estimate of drug-likeness (QED) is 0.101. The molecular weight excluding hydrogens is 617 g/mol. The summed E-state index contributed by atoms with van der Waals surface area (Å²) in [5, 5.41) is 5.35. The number of aryl methyl sites for hydroxylation is 2. The molecule has 0 radical (unpaired) electrons. The summed E-state index contributed by atoms with van der Waals surface area (Å²) in [5.74, 6) is 7.21. The van der Waals surface area contributed by atoms with Gasteiger partial charge in [-0.15, -0.1) is 0 Å². The van der Waals surface area contributed by atoms with Gasteiger partial charge < -0.3 is 0 Å². The molecule has 7 aromatic rings. The van der Waals surface area contributed by atoms with Crippen molar-refractivity contribution in [1.29, 1.82) is 0 Å². The molecule has 3 heteroatoms. The van der Waals surface area contributed by atoms with Gasteiger partial charge in [0.25, 0.3) is 0 Å². The van der Waals surface area contributed by atoms with Gasteiger partial charge in [-0.2, -0.15) is 0 Å². The third kappa shape index (κ3) is 4.05. The molecule has 228 valence electrons. The molecule has 0 unspecified atom stereocenters. The second-order valence-electron chi connectivity index (χ2n) is 14.5. The first-order valence-corrected chi connectivity index (χ1v) is 23.1. The van der Waals surface area contributed by atoms with Crippen LogP contribution in [0.15, 0.2) is 103 Å². The minimum atomic E-state index is -2.65. The third-order valence-electron chi connectivity index (χ3n) is 10.7. The Morgan fingerprint density at radius 2 is 1.30 bits per heavy atom. The van der Waals surface area contributed by atoms with E-state index in [9.17, 15) is 0 Å². The van der Waals surface area contributed by atoms with Crippen LogP contribution in [-0.2, 0) is 7.05 Å². The van der Waals surface area contributed by atoms with Crippen LogP contribution in [0.2, 0.25) is 11.5 Å². The zero-order valence-electron chi connectivity index (χ0n) is 28.4. The van der Waals surface area contributed by atoms with E-state index in [0.717, 1.165) is 0 Å². The Morgan fingerprint density at radius 1 is 0.630 bits per heavy atom. The van der Waals surface area contributed by atoms with Crippen molar-refractivity contribution in [1.82, 2.24) is 4.57 Å². The molecule has 46 heavy (non-hydrogen) atoms. The zero-order chi connectivity index (χ0) is 32.1. The van der Waals surface area contributed by atoms with Gasteiger partial charge in [-0.1, -0.05) is 0 Å². The van der Waals surface area contributed by atoms with E-state index in [2.05, 4.69) is 165 Å². The van der Waals surface area contributed by atoms with E-state index in [1.807, 2.05) is 0 Å². The summed E-state index contributed by atoms with van der Waals surface area (Å²) < 4.78 is 8.33. The molecule has 6 aromatic carbocycles. The Kier molecular flexibility index (Phi) is 6.64. The molecule has 1 aromatic heterocycles. The first-order valence-electron chi connectivity index (χ1n) is 16.8. The molecule has 2 nitrogen and oxygen atoms in total. The minimum absolute atomic E-state index is 0.384. The topological polar surface area (TPSA) is 8.81 Å². The molecule has 0 fully saturated rings. The van der Waals surface area contributed by atoms with Gasteiger partial charge in [0.2, 0.25) is 0 Å². The summed E-state index contributed by atoms with van der Waals surface area (Å²) in [5.41, 5.74) is 12.3. The Balaban J connectivity index is 1.61. The van der Waals surface area contributed by atoms with Crippen LogP contribution in [0.5, 0.6) is 0 Å². The van der Waals surface area contributed by atoms with Gasteiger partial charge >= 0.3 is 277 Å². The molecule has 0 saturated heterocycles. The summed E-state index contributed by atoms with van der Waals surface area (Å²) in [6, 6.07) is 39.4. The monoisotopic (exact) mass is 661 g/mol. The average Bonchev–Trinajstić information content (AvgIpc) is 3.46. The van der Waals surface area contributed by atoms with Crippen molar-refractivity contribution in [3.8, 4) is 28.2 Å². The molecule has 0 saturated carbocycles. The molecule has 2 heterocycles. The van der Waals surface area contributed by atoms with Crippen LogP contribution in [0.3, 0.4) is 0 Å². The van der Waals surface area contributed by atoms with Crippen molar-refractivity contribution in [2.75, 3.05) is 0 Å². The SMILES string of the molecule is Cc1ccccc1-c1n(C)c2cc[c]3c(c2[n+]1-c1c(C(C)C)cccc1C(C)C)-c1cc2c(ccc4ccccc42)c[c]1[Ge]3([CH3])[CH3]. The predicted molar refractivity (Wildman–Crippen MR) is 200 cm³/mol. The molecule has 1 aliphatic rings.